The average Bonchev–Trinajstić information content (AvgIpc) is 2.86. The second kappa shape index (κ2) is 5.40. The minimum Gasteiger partial charge on any atom is -0.486 e. The van der Waals surface area contributed by atoms with Crippen LogP contribution in [0.1, 0.15) is 28.6 Å². The Morgan fingerprint density at radius 2 is 2.06 bits per heavy atom. The zero-order valence-corrected chi connectivity index (χ0v) is 10.1. The molecule has 2 rings (SSSR count). The molecule has 0 amide bonds. The molecule has 0 aliphatic rings. The first kappa shape index (κ1) is 12.2. The van der Waals surface area contributed by atoms with E-state index in [1.54, 1.807) is 0 Å². The largest absolute Gasteiger partial charge is 0.486 e. The molecule has 0 aliphatic heterocycles. The fraction of sp³-hybridized carbons (Fsp3) is 0.214. The molecule has 1 aromatic carbocycles. The van der Waals surface area contributed by atoms with Crippen molar-refractivity contribution >= 4 is 5.97 Å². The van der Waals surface area contributed by atoms with Crippen LogP contribution in [0.5, 0.6) is 5.75 Å². The monoisotopic (exact) mass is 246 g/mol. The fourth-order valence-corrected chi connectivity index (χ4v) is 1.54. The van der Waals surface area contributed by atoms with E-state index in [0.717, 1.165) is 12.2 Å². The van der Waals surface area contributed by atoms with E-state index < -0.39 is 5.97 Å². The van der Waals surface area contributed by atoms with Gasteiger partial charge in [-0.3, -0.25) is 0 Å². The number of carboxylic acid groups (broad SMARTS) is 1. The molecule has 0 radical (unpaired) electrons. The van der Waals surface area contributed by atoms with Gasteiger partial charge in [0.15, 0.2) is 0 Å². The van der Waals surface area contributed by atoms with Crippen molar-refractivity contribution in [1.29, 1.82) is 0 Å². The molecular weight excluding hydrogens is 232 g/mol. The molecule has 0 saturated carbocycles. The van der Waals surface area contributed by atoms with E-state index in [1.807, 2.05) is 24.3 Å². The molecule has 1 aromatic heterocycles. The number of ether oxygens (including phenoxy) is 1. The minimum atomic E-state index is -1.00. The highest BCUT2D eigenvalue weighted by molar-refractivity contribution is 5.87. The molecule has 1 N–H and O–H groups in total. The standard InChI is InChI=1S/C14H14O4/c1-2-10-3-5-12(6-4-10)18-9-13-7-11(8-17-13)14(15)16/h3-8H,2,9H2,1H3,(H,15,16). The highest BCUT2D eigenvalue weighted by atomic mass is 16.5. The van der Waals surface area contributed by atoms with E-state index in [2.05, 4.69) is 6.92 Å². The zero-order valence-electron chi connectivity index (χ0n) is 10.1. The second-order valence-corrected chi connectivity index (χ2v) is 3.89. The molecule has 0 saturated heterocycles. The molecule has 0 fully saturated rings. The summed E-state index contributed by atoms with van der Waals surface area (Å²) in [7, 11) is 0. The Balaban J connectivity index is 1.95. The van der Waals surface area contributed by atoms with E-state index in [1.165, 1.54) is 17.9 Å². The number of rotatable bonds is 5. The lowest BCUT2D eigenvalue weighted by molar-refractivity contribution is 0.0696. The summed E-state index contributed by atoms with van der Waals surface area (Å²) in [5.41, 5.74) is 1.38. The van der Waals surface area contributed by atoms with Crippen LogP contribution in [0.4, 0.5) is 0 Å². The molecule has 1 heterocycles. The van der Waals surface area contributed by atoms with Gasteiger partial charge in [-0.2, -0.15) is 0 Å². The first-order valence-corrected chi connectivity index (χ1v) is 5.71. The van der Waals surface area contributed by atoms with E-state index in [9.17, 15) is 4.79 Å². The summed E-state index contributed by atoms with van der Waals surface area (Å²) >= 11 is 0. The van der Waals surface area contributed by atoms with E-state index >= 15 is 0 Å². The average molecular weight is 246 g/mol. The SMILES string of the molecule is CCc1ccc(OCc2cc(C(=O)O)co2)cc1. The number of aryl methyl sites for hydroxylation is 1. The Hall–Kier alpha value is -2.23. The van der Waals surface area contributed by atoms with Gasteiger partial charge in [0, 0.05) is 0 Å². The van der Waals surface area contributed by atoms with Crippen LogP contribution >= 0.6 is 0 Å². The van der Waals surface area contributed by atoms with Crippen molar-refractivity contribution in [2.45, 2.75) is 20.0 Å². The second-order valence-electron chi connectivity index (χ2n) is 3.89. The van der Waals surface area contributed by atoms with Gasteiger partial charge >= 0.3 is 5.97 Å². The summed E-state index contributed by atoms with van der Waals surface area (Å²) in [6.45, 7) is 2.31. The number of carbonyl (C=O) groups is 1. The van der Waals surface area contributed by atoms with Crippen molar-refractivity contribution in [2.24, 2.45) is 0 Å². The van der Waals surface area contributed by atoms with Crippen LogP contribution in [0, 0.1) is 0 Å². The van der Waals surface area contributed by atoms with Gasteiger partial charge in [0.2, 0.25) is 0 Å². The summed E-state index contributed by atoms with van der Waals surface area (Å²) < 4.78 is 10.6. The summed E-state index contributed by atoms with van der Waals surface area (Å²) in [6, 6.07) is 9.24. The molecule has 94 valence electrons. The molecule has 0 bridgehead atoms. The van der Waals surface area contributed by atoms with Gasteiger partial charge in [-0.25, -0.2) is 4.79 Å². The molecule has 4 heteroatoms. The molecule has 18 heavy (non-hydrogen) atoms. The van der Waals surface area contributed by atoms with Crippen molar-refractivity contribution in [3.63, 3.8) is 0 Å². The third-order valence-electron chi connectivity index (χ3n) is 2.61. The van der Waals surface area contributed by atoms with Gasteiger partial charge in [-0.05, 0) is 30.2 Å². The molecule has 0 spiro atoms. The quantitative estimate of drug-likeness (QED) is 0.880. The Morgan fingerprint density at radius 1 is 1.33 bits per heavy atom. The Bertz CT molecular complexity index is 525. The van der Waals surface area contributed by atoms with Crippen LogP contribution in [-0.2, 0) is 13.0 Å². The maximum atomic E-state index is 10.7. The topological polar surface area (TPSA) is 59.7 Å². The minimum absolute atomic E-state index is 0.134. The number of carboxylic acids is 1. The predicted molar refractivity (Wildman–Crippen MR) is 65.8 cm³/mol. The summed E-state index contributed by atoms with van der Waals surface area (Å²) in [5, 5.41) is 8.74. The summed E-state index contributed by atoms with van der Waals surface area (Å²) in [5.74, 6) is 0.227. The van der Waals surface area contributed by atoms with Crippen LogP contribution < -0.4 is 4.74 Å². The molecule has 0 atom stereocenters. The van der Waals surface area contributed by atoms with Crippen LogP contribution in [0.25, 0.3) is 0 Å². The summed E-state index contributed by atoms with van der Waals surface area (Å²) in [4.78, 5) is 10.7. The maximum absolute atomic E-state index is 10.7. The normalized spacial score (nSPS) is 10.3. The highest BCUT2D eigenvalue weighted by Gasteiger charge is 2.08. The molecule has 4 nitrogen and oxygen atoms in total. The first-order valence-electron chi connectivity index (χ1n) is 5.71. The first-order chi connectivity index (χ1) is 8.69. The van der Waals surface area contributed by atoms with E-state index in [-0.39, 0.29) is 12.2 Å². The van der Waals surface area contributed by atoms with Crippen molar-refractivity contribution in [3.05, 3.63) is 53.5 Å². The lowest BCUT2D eigenvalue weighted by Crippen LogP contribution is -1.95. The number of hydrogen-bond acceptors (Lipinski definition) is 3. The molecule has 0 unspecified atom stereocenters. The molecule has 2 aromatic rings. The van der Waals surface area contributed by atoms with Crippen LogP contribution in [0.15, 0.2) is 41.0 Å². The number of hydrogen-bond donors (Lipinski definition) is 1. The third-order valence-corrected chi connectivity index (χ3v) is 2.61. The van der Waals surface area contributed by atoms with Crippen LogP contribution in [0.3, 0.4) is 0 Å². The number of aromatic carboxylic acids is 1. The Morgan fingerprint density at radius 3 is 2.61 bits per heavy atom. The van der Waals surface area contributed by atoms with Gasteiger partial charge in [0.05, 0.1) is 5.56 Å². The number of furan rings is 1. The van der Waals surface area contributed by atoms with Crippen molar-refractivity contribution in [1.82, 2.24) is 0 Å². The smallest absolute Gasteiger partial charge is 0.338 e. The third kappa shape index (κ3) is 2.91. The lowest BCUT2D eigenvalue weighted by Gasteiger charge is -2.04. The van der Waals surface area contributed by atoms with Crippen molar-refractivity contribution in [3.8, 4) is 5.75 Å². The maximum Gasteiger partial charge on any atom is 0.338 e. The highest BCUT2D eigenvalue weighted by Crippen LogP contribution is 2.15. The van der Waals surface area contributed by atoms with Gasteiger partial charge in [0.25, 0.3) is 0 Å². The zero-order chi connectivity index (χ0) is 13.0. The fourth-order valence-electron chi connectivity index (χ4n) is 1.54. The Kier molecular flexibility index (Phi) is 3.67. The predicted octanol–water partition coefficient (Wildman–Crippen LogP) is 3.12. The van der Waals surface area contributed by atoms with Gasteiger partial charge in [-0.1, -0.05) is 19.1 Å². The van der Waals surface area contributed by atoms with Crippen LogP contribution in [-0.4, -0.2) is 11.1 Å². The Labute approximate surface area is 105 Å². The van der Waals surface area contributed by atoms with Crippen molar-refractivity contribution < 1.29 is 19.1 Å². The van der Waals surface area contributed by atoms with Gasteiger partial charge < -0.3 is 14.3 Å². The number of benzene rings is 1. The van der Waals surface area contributed by atoms with E-state index in [4.69, 9.17) is 14.3 Å². The molecular formula is C14H14O4. The van der Waals surface area contributed by atoms with Crippen molar-refractivity contribution in [2.75, 3.05) is 0 Å². The van der Waals surface area contributed by atoms with Gasteiger partial charge in [-0.15, -0.1) is 0 Å². The lowest BCUT2D eigenvalue weighted by atomic mass is 10.2. The molecule has 0 aliphatic carbocycles. The van der Waals surface area contributed by atoms with Crippen LogP contribution in [0.2, 0.25) is 0 Å². The van der Waals surface area contributed by atoms with E-state index in [0.29, 0.717) is 5.76 Å². The summed E-state index contributed by atoms with van der Waals surface area (Å²) in [6.07, 6.45) is 2.20. The van der Waals surface area contributed by atoms with Gasteiger partial charge in [0.1, 0.15) is 24.4 Å².